The molecule has 0 aliphatic rings. The molecule has 1 rings (SSSR count). The number of halogens is 1. The van der Waals surface area contributed by atoms with Crippen molar-refractivity contribution in [2.45, 2.75) is 12.3 Å². The Hall–Kier alpha value is -0.840. The third kappa shape index (κ3) is 2.30. The Labute approximate surface area is 85.0 Å². The fourth-order valence-electron chi connectivity index (χ4n) is 1.01. The molecule has 0 spiro atoms. The topological polar surface area (TPSA) is 44.1 Å². The lowest BCUT2D eigenvalue weighted by Crippen LogP contribution is -2.07. The van der Waals surface area contributed by atoms with Gasteiger partial charge < -0.3 is 4.74 Å². The van der Waals surface area contributed by atoms with E-state index >= 15 is 0 Å². The van der Waals surface area contributed by atoms with Gasteiger partial charge in [-0.2, -0.15) is 5.10 Å². The molecule has 0 amide bonds. The summed E-state index contributed by atoms with van der Waals surface area (Å²) < 4.78 is 6.45. The van der Waals surface area contributed by atoms with Gasteiger partial charge in [-0.3, -0.25) is 4.68 Å². The second-order valence-electron chi connectivity index (χ2n) is 2.53. The SMILES string of the molecule is CCOC(=O)c1nn(C)cc1CBr. The predicted molar refractivity (Wildman–Crippen MR) is 51.8 cm³/mol. The first kappa shape index (κ1) is 10.2. The summed E-state index contributed by atoms with van der Waals surface area (Å²) >= 11 is 3.28. The Morgan fingerprint density at radius 2 is 2.46 bits per heavy atom. The van der Waals surface area contributed by atoms with Gasteiger partial charge in [-0.1, -0.05) is 15.9 Å². The summed E-state index contributed by atoms with van der Waals surface area (Å²) in [6, 6.07) is 0. The first-order valence-corrected chi connectivity index (χ1v) is 5.06. The van der Waals surface area contributed by atoms with E-state index < -0.39 is 0 Å². The Bertz CT molecular complexity index is 309. The number of carbonyl (C=O) groups excluding carboxylic acids is 1. The Morgan fingerprint density at radius 3 is 3.00 bits per heavy atom. The second kappa shape index (κ2) is 4.41. The molecule has 0 aliphatic heterocycles. The molecular formula is C8H11BrN2O2. The van der Waals surface area contributed by atoms with Crippen LogP contribution in [0.1, 0.15) is 23.0 Å². The van der Waals surface area contributed by atoms with Crippen LogP contribution in [0.3, 0.4) is 0 Å². The van der Waals surface area contributed by atoms with Crippen LogP contribution >= 0.6 is 15.9 Å². The molecule has 0 unspecified atom stereocenters. The van der Waals surface area contributed by atoms with Crippen LogP contribution in [0.25, 0.3) is 0 Å². The third-order valence-corrected chi connectivity index (χ3v) is 2.12. The molecule has 0 aromatic carbocycles. The number of nitrogens with zero attached hydrogens (tertiary/aromatic N) is 2. The van der Waals surface area contributed by atoms with Crippen LogP contribution in [0.5, 0.6) is 0 Å². The van der Waals surface area contributed by atoms with Gasteiger partial charge in [-0.15, -0.1) is 0 Å². The van der Waals surface area contributed by atoms with E-state index in [0.29, 0.717) is 17.6 Å². The fourth-order valence-corrected chi connectivity index (χ4v) is 1.42. The highest BCUT2D eigenvalue weighted by Crippen LogP contribution is 2.11. The summed E-state index contributed by atoms with van der Waals surface area (Å²) in [5, 5.41) is 4.62. The maximum Gasteiger partial charge on any atom is 0.359 e. The molecule has 4 nitrogen and oxygen atoms in total. The van der Waals surface area contributed by atoms with Crippen molar-refractivity contribution in [2.24, 2.45) is 7.05 Å². The van der Waals surface area contributed by atoms with Crippen molar-refractivity contribution in [3.63, 3.8) is 0 Å². The van der Waals surface area contributed by atoms with E-state index in [-0.39, 0.29) is 5.97 Å². The number of carbonyl (C=O) groups is 1. The average molecular weight is 247 g/mol. The predicted octanol–water partition coefficient (Wildman–Crippen LogP) is 1.49. The highest BCUT2D eigenvalue weighted by atomic mass is 79.9. The lowest BCUT2D eigenvalue weighted by atomic mass is 10.3. The minimum atomic E-state index is -0.363. The zero-order valence-electron chi connectivity index (χ0n) is 7.58. The Morgan fingerprint density at radius 1 is 1.77 bits per heavy atom. The maximum absolute atomic E-state index is 11.3. The monoisotopic (exact) mass is 246 g/mol. The highest BCUT2D eigenvalue weighted by molar-refractivity contribution is 9.08. The van der Waals surface area contributed by atoms with Gasteiger partial charge in [0.2, 0.25) is 0 Å². The molecule has 0 bridgehead atoms. The van der Waals surface area contributed by atoms with Gasteiger partial charge in [0.15, 0.2) is 5.69 Å². The molecule has 0 atom stereocenters. The van der Waals surface area contributed by atoms with Crippen LogP contribution in [-0.2, 0) is 17.1 Å². The molecule has 0 saturated carbocycles. The quantitative estimate of drug-likeness (QED) is 0.600. The first-order chi connectivity index (χ1) is 6.19. The summed E-state index contributed by atoms with van der Waals surface area (Å²) in [4.78, 5) is 11.3. The molecular weight excluding hydrogens is 236 g/mol. The van der Waals surface area contributed by atoms with E-state index in [1.807, 2.05) is 0 Å². The molecule has 1 heterocycles. The van der Waals surface area contributed by atoms with Gasteiger partial charge in [0, 0.05) is 24.1 Å². The number of alkyl halides is 1. The second-order valence-corrected chi connectivity index (χ2v) is 3.09. The lowest BCUT2D eigenvalue weighted by molar-refractivity contribution is 0.0517. The number of ether oxygens (including phenoxy) is 1. The van der Waals surface area contributed by atoms with Gasteiger partial charge in [0.25, 0.3) is 0 Å². The average Bonchev–Trinajstić information content (AvgIpc) is 2.47. The molecule has 13 heavy (non-hydrogen) atoms. The third-order valence-electron chi connectivity index (χ3n) is 1.52. The smallest absolute Gasteiger partial charge is 0.359 e. The van der Waals surface area contributed by atoms with E-state index in [4.69, 9.17) is 4.74 Å². The summed E-state index contributed by atoms with van der Waals surface area (Å²) in [5.74, 6) is -0.363. The van der Waals surface area contributed by atoms with Crippen molar-refractivity contribution >= 4 is 21.9 Å². The summed E-state index contributed by atoms with van der Waals surface area (Å²) in [6.07, 6.45) is 1.79. The van der Waals surface area contributed by atoms with E-state index in [2.05, 4.69) is 21.0 Å². The van der Waals surface area contributed by atoms with Crippen molar-refractivity contribution in [1.82, 2.24) is 9.78 Å². The number of hydrogen-bond acceptors (Lipinski definition) is 3. The number of rotatable bonds is 3. The maximum atomic E-state index is 11.3. The van der Waals surface area contributed by atoms with Crippen LogP contribution in [0, 0.1) is 0 Å². The van der Waals surface area contributed by atoms with Crippen molar-refractivity contribution in [3.05, 3.63) is 17.5 Å². The first-order valence-electron chi connectivity index (χ1n) is 3.94. The zero-order valence-corrected chi connectivity index (χ0v) is 9.17. The molecule has 72 valence electrons. The molecule has 0 radical (unpaired) electrons. The number of aryl methyl sites for hydroxylation is 1. The normalized spacial score (nSPS) is 10.1. The highest BCUT2D eigenvalue weighted by Gasteiger charge is 2.15. The fraction of sp³-hybridized carbons (Fsp3) is 0.500. The molecule has 0 fully saturated rings. The van der Waals surface area contributed by atoms with E-state index in [1.165, 1.54) is 0 Å². The lowest BCUT2D eigenvalue weighted by Gasteiger charge is -1.98. The zero-order chi connectivity index (χ0) is 9.84. The summed E-state index contributed by atoms with van der Waals surface area (Å²) in [5.41, 5.74) is 1.24. The van der Waals surface area contributed by atoms with Crippen molar-refractivity contribution < 1.29 is 9.53 Å². The Kier molecular flexibility index (Phi) is 3.48. The van der Waals surface area contributed by atoms with Crippen LogP contribution in [-0.4, -0.2) is 22.4 Å². The number of aromatic nitrogens is 2. The summed E-state index contributed by atoms with van der Waals surface area (Å²) in [6.45, 7) is 2.14. The van der Waals surface area contributed by atoms with E-state index in [0.717, 1.165) is 5.56 Å². The standard InChI is InChI=1S/C8H11BrN2O2/c1-3-13-8(12)7-6(4-9)5-11(2)10-7/h5H,3-4H2,1-2H3. The summed E-state index contributed by atoms with van der Waals surface area (Å²) in [7, 11) is 1.77. The van der Waals surface area contributed by atoms with Crippen molar-refractivity contribution in [1.29, 1.82) is 0 Å². The molecule has 5 heteroatoms. The molecule has 0 saturated heterocycles. The van der Waals surface area contributed by atoms with Crippen LogP contribution in [0.4, 0.5) is 0 Å². The van der Waals surface area contributed by atoms with Gasteiger partial charge in [-0.05, 0) is 6.92 Å². The molecule has 1 aromatic heterocycles. The van der Waals surface area contributed by atoms with Crippen LogP contribution in [0.2, 0.25) is 0 Å². The molecule has 1 aromatic rings. The van der Waals surface area contributed by atoms with Gasteiger partial charge in [-0.25, -0.2) is 4.79 Å². The van der Waals surface area contributed by atoms with Crippen LogP contribution < -0.4 is 0 Å². The molecule has 0 N–H and O–H groups in total. The van der Waals surface area contributed by atoms with Gasteiger partial charge >= 0.3 is 5.97 Å². The minimum absolute atomic E-state index is 0.363. The Balaban J connectivity index is 2.91. The molecule has 0 aliphatic carbocycles. The largest absolute Gasteiger partial charge is 0.461 e. The van der Waals surface area contributed by atoms with Crippen molar-refractivity contribution in [2.75, 3.05) is 6.61 Å². The van der Waals surface area contributed by atoms with Crippen LogP contribution in [0.15, 0.2) is 6.20 Å². The van der Waals surface area contributed by atoms with E-state index in [9.17, 15) is 4.79 Å². The number of hydrogen-bond donors (Lipinski definition) is 0. The van der Waals surface area contributed by atoms with Gasteiger partial charge in [0.1, 0.15) is 0 Å². The van der Waals surface area contributed by atoms with E-state index in [1.54, 1.807) is 24.9 Å². The number of esters is 1. The van der Waals surface area contributed by atoms with Crippen molar-refractivity contribution in [3.8, 4) is 0 Å². The minimum Gasteiger partial charge on any atom is -0.461 e. The van der Waals surface area contributed by atoms with Gasteiger partial charge in [0.05, 0.1) is 6.61 Å².